The summed E-state index contributed by atoms with van der Waals surface area (Å²) >= 11 is 0. The number of amides is 2. The van der Waals surface area contributed by atoms with Gasteiger partial charge in [-0.05, 0) is 36.2 Å². The highest BCUT2D eigenvalue weighted by atomic mass is 19.2. The molecule has 112 valence electrons. The zero-order valence-corrected chi connectivity index (χ0v) is 11.9. The van der Waals surface area contributed by atoms with Gasteiger partial charge in [-0.1, -0.05) is 6.07 Å². The fourth-order valence-electron chi connectivity index (χ4n) is 1.96. The molecule has 0 saturated heterocycles. The first-order chi connectivity index (χ1) is 9.95. The number of urea groups is 1. The maximum absolute atomic E-state index is 13.1. The van der Waals surface area contributed by atoms with Crippen molar-refractivity contribution >= 4 is 6.03 Å². The summed E-state index contributed by atoms with van der Waals surface area (Å²) in [5.41, 5.74) is 1.48. The molecule has 0 radical (unpaired) electrons. The highest BCUT2D eigenvalue weighted by Crippen LogP contribution is 2.15. The van der Waals surface area contributed by atoms with E-state index in [1.807, 2.05) is 30.1 Å². The standard InChI is InChI=1S/C15H17F2N3O/c1-10(12-3-4-13(16)14(17)7-12)19-15(21)18-8-11-5-6-20(2)9-11/h3-7,9-10H,8H2,1-2H3,(H2,18,19,21). The molecule has 6 heteroatoms. The molecule has 1 aromatic carbocycles. The van der Waals surface area contributed by atoms with E-state index < -0.39 is 17.7 Å². The summed E-state index contributed by atoms with van der Waals surface area (Å²) in [6.07, 6.45) is 3.79. The van der Waals surface area contributed by atoms with Gasteiger partial charge in [0.2, 0.25) is 0 Å². The minimum atomic E-state index is -0.925. The van der Waals surface area contributed by atoms with Gasteiger partial charge < -0.3 is 15.2 Å². The third-order valence-electron chi connectivity index (χ3n) is 3.14. The van der Waals surface area contributed by atoms with E-state index in [-0.39, 0.29) is 6.03 Å². The van der Waals surface area contributed by atoms with Gasteiger partial charge in [0.1, 0.15) is 0 Å². The van der Waals surface area contributed by atoms with E-state index in [4.69, 9.17) is 0 Å². The predicted octanol–water partition coefficient (Wildman–Crippen LogP) is 2.86. The molecule has 1 heterocycles. The molecule has 4 nitrogen and oxygen atoms in total. The summed E-state index contributed by atoms with van der Waals surface area (Å²) in [7, 11) is 1.90. The Kier molecular flexibility index (Phi) is 4.57. The number of nitrogens with one attached hydrogen (secondary N) is 2. The molecule has 0 spiro atoms. The van der Waals surface area contributed by atoms with Gasteiger partial charge in [0.25, 0.3) is 0 Å². The molecule has 2 aromatic rings. The van der Waals surface area contributed by atoms with Gasteiger partial charge in [-0.2, -0.15) is 0 Å². The van der Waals surface area contributed by atoms with Crippen LogP contribution in [0.25, 0.3) is 0 Å². The van der Waals surface area contributed by atoms with Crippen LogP contribution in [0.5, 0.6) is 0 Å². The Labute approximate surface area is 121 Å². The molecule has 0 bridgehead atoms. The van der Waals surface area contributed by atoms with Crippen LogP contribution in [0.1, 0.15) is 24.1 Å². The van der Waals surface area contributed by atoms with Gasteiger partial charge in [0.05, 0.1) is 6.04 Å². The van der Waals surface area contributed by atoms with E-state index in [1.165, 1.54) is 6.07 Å². The Morgan fingerprint density at radius 3 is 2.67 bits per heavy atom. The van der Waals surface area contributed by atoms with Gasteiger partial charge in [-0.3, -0.25) is 0 Å². The SMILES string of the molecule is CC(NC(=O)NCc1ccn(C)c1)c1ccc(F)c(F)c1. The Balaban J connectivity index is 1.88. The number of aromatic nitrogens is 1. The molecular formula is C15H17F2N3O. The number of hydrogen-bond donors (Lipinski definition) is 2. The third kappa shape index (κ3) is 4.05. The third-order valence-corrected chi connectivity index (χ3v) is 3.14. The minimum Gasteiger partial charge on any atom is -0.357 e. The molecule has 2 N–H and O–H groups in total. The molecule has 21 heavy (non-hydrogen) atoms. The topological polar surface area (TPSA) is 46.1 Å². The van der Waals surface area contributed by atoms with Gasteiger partial charge in [-0.15, -0.1) is 0 Å². The first kappa shape index (κ1) is 15.0. The van der Waals surface area contributed by atoms with Gasteiger partial charge >= 0.3 is 6.03 Å². The highest BCUT2D eigenvalue weighted by Gasteiger charge is 2.11. The second kappa shape index (κ2) is 6.39. The molecular weight excluding hydrogens is 276 g/mol. The Bertz CT molecular complexity index is 640. The van der Waals surface area contributed by atoms with Crippen molar-refractivity contribution in [1.29, 1.82) is 0 Å². The second-order valence-corrected chi connectivity index (χ2v) is 4.91. The van der Waals surface area contributed by atoms with Crippen molar-refractivity contribution in [1.82, 2.24) is 15.2 Å². The Morgan fingerprint density at radius 2 is 2.05 bits per heavy atom. The van der Waals surface area contributed by atoms with E-state index >= 15 is 0 Å². The molecule has 0 aliphatic heterocycles. The lowest BCUT2D eigenvalue weighted by atomic mass is 10.1. The van der Waals surface area contributed by atoms with Crippen LogP contribution in [0, 0.1) is 11.6 Å². The number of rotatable bonds is 4. The van der Waals surface area contributed by atoms with E-state index in [0.717, 1.165) is 17.7 Å². The summed E-state index contributed by atoms with van der Waals surface area (Å²) in [6.45, 7) is 2.10. The van der Waals surface area contributed by atoms with E-state index in [2.05, 4.69) is 10.6 Å². The van der Waals surface area contributed by atoms with Crippen LogP contribution in [-0.2, 0) is 13.6 Å². The van der Waals surface area contributed by atoms with Crippen LogP contribution in [0.15, 0.2) is 36.7 Å². The van der Waals surface area contributed by atoms with E-state index in [9.17, 15) is 13.6 Å². The number of carbonyl (C=O) groups is 1. The fourth-order valence-corrected chi connectivity index (χ4v) is 1.96. The molecule has 0 saturated carbocycles. The number of nitrogens with zero attached hydrogens (tertiary/aromatic N) is 1. The van der Waals surface area contributed by atoms with Crippen molar-refractivity contribution in [3.05, 3.63) is 59.4 Å². The first-order valence-electron chi connectivity index (χ1n) is 6.56. The van der Waals surface area contributed by atoms with Gasteiger partial charge in [0, 0.05) is 26.0 Å². The average molecular weight is 293 g/mol. The van der Waals surface area contributed by atoms with E-state index in [1.54, 1.807) is 6.92 Å². The summed E-state index contributed by atoms with van der Waals surface area (Å²) in [6, 6.07) is 4.69. The Morgan fingerprint density at radius 1 is 1.29 bits per heavy atom. The quantitative estimate of drug-likeness (QED) is 0.894. The van der Waals surface area contributed by atoms with Crippen LogP contribution < -0.4 is 10.6 Å². The molecule has 0 fully saturated rings. The lowest BCUT2D eigenvalue weighted by molar-refractivity contribution is 0.237. The van der Waals surface area contributed by atoms with Crippen molar-refractivity contribution in [3.63, 3.8) is 0 Å². The Hall–Kier alpha value is -2.37. The van der Waals surface area contributed by atoms with Crippen LogP contribution >= 0.6 is 0 Å². The first-order valence-corrected chi connectivity index (χ1v) is 6.56. The summed E-state index contributed by atoms with van der Waals surface area (Å²) in [5, 5.41) is 5.38. The summed E-state index contributed by atoms with van der Waals surface area (Å²) < 4.78 is 27.9. The molecule has 2 rings (SSSR count). The summed E-state index contributed by atoms with van der Waals surface area (Å²) in [4.78, 5) is 11.8. The zero-order chi connectivity index (χ0) is 15.4. The largest absolute Gasteiger partial charge is 0.357 e. The van der Waals surface area contributed by atoms with Gasteiger partial charge in [0.15, 0.2) is 11.6 Å². The molecule has 2 amide bonds. The normalized spacial score (nSPS) is 12.0. The maximum atomic E-state index is 13.1. The second-order valence-electron chi connectivity index (χ2n) is 4.91. The number of halogens is 2. The van der Waals surface area contributed by atoms with Crippen LogP contribution in [0.3, 0.4) is 0 Å². The lowest BCUT2D eigenvalue weighted by Crippen LogP contribution is -2.36. The maximum Gasteiger partial charge on any atom is 0.315 e. The van der Waals surface area contributed by atoms with Crippen molar-refractivity contribution in [2.24, 2.45) is 7.05 Å². The molecule has 0 aliphatic carbocycles. The highest BCUT2D eigenvalue weighted by molar-refractivity contribution is 5.74. The van der Waals surface area contributed by atoms with Gasteiger partial charge in [-0.25, -0.2) is 13.6 Å². The number of hydrogen-bond acceptors (Lipinski definition) is 1. The van der Waals surface area contributed by atoms with Crippen molar-refractivity contribution < 1.29 is 13.6 Å². The smallest absolute Gasteiger partial charge is 0.315 e. The average Bonchev–Trinajstić information content (AvgIpc) is 2.85. The van der Waals surface area contributed by atoms with Crippen LogP contribution in [0.2, 0.25) is 0 Å². The van der Waals surface area contributed by atoms with Crippen molar-refractivity contribution in [2.45, 2.75) is 19.5 Å². The zero-order valence-electron chi connectivity index (χ0n) is 11.9. The van der Waals surface area contributed by atoms with Crippen LogP contribution in [-0.4, -0.2) is 10.6 Å². The predicted molar refractivity (Wildman–Crippen MR) is 75.6 cm³/mol. The molecule has 1 atom stereocenters. The monoisotopic (exact) mass is 293 g/mol. The van der Waals surface area contributed by atoms with Crippen molar-refractivity contribution in [2.75, 3.05) is 0 Å². The minimum absolute atomic E-state index is 0.365. The molecule has 1 aromatic heterocycles. The number of benzene rings is 1. The lowest BCUT2D eigenvalue weighted by Gasteiger charge is -2.15. The van der Waals surface area contributed by atoms with Crippen LogP contribution in [0.4, 0.5) is 13.6 Å². The number of aryl methyl sites for hydroxylation is 1. The van der Waals surface area contributed by atoms with E-state index in [0.29, 0.717) is 12.1 Å². The molecule has 1 unspecified atom stereocenters. The summed E-state index contributed by atoms with van der Waals surface area (Å²) in [5.74, 6) is -1.83. The number of carbonyl (C=O) groups excluding carboxylic acids is 1. The fraction of sp³-hybridized carbons (Fsp3) is 0.267. The molecule has 0 aliphatic rings. The van der Waals surface area contributed by atoms with Crippen molar-refractivity contribution in [3.8, 4) is 0 Å².